The van der Waals surface area contributed by atoms with Gasteiger partial charge in [-0.3, -0.25) is 14.4 Å². The summed E-state index contributed by atoms with van der Waals surface area (Å²) in [7, 11) is 0. The highest BCUT2D eigenvalue weighted by Crippen LogP contribution is 2.15. The number of esters is 3. The van der Waals surface area contributed by atoms with Crippen LogP contribution < -0.4 is 0 Å². The molecule has 6 nitrogen and oxygen atoms in total. The predicted molar refractivity (Wildman–Crippen MR) is 210 cm³/mol. The van der Waals surface area contributed by atoms with E-state index in [1.165, 1.54) is 141 Å². The fourth-order valence-electron chi connectivity index (χ4n) is 6.50. The Hall–Kier alpha value is -1.59. The van der Waals surface area contributed by atoms with Crippen molar-refractivity contribution in [3.63, 3.8) is 0 Å². The van der Waals surface area contributed by atoms with Crippen LogP contribution in [0.3, 0.4) is 0 Å². The second kappa shape index (κ2) is 40.2. The number of hydrogen-bond acceptors (Lipinski definition) is 6. The summed E-state index contributed by atoms with van der Waals surface area (Å²) in [6.07, 6.45) is 39.7. The average Bonchev–Trinajstić information content (AvgIpc) is 3.11. The molecule has 0 unspecified atom stereocenters. The van der Waals surface area contributed by atoms with Gasteiger partial charge in [0.2, 0.25) is 0 Å². The van der Waals surface area contributed by atoms with Crippen molar-refractivity contribution in [1.82, 2.24) is 0 Å². The van der Waals surface area contributed by atoms with Crippen LogP contribution in [0.1, 0.15) is 245 Å². The Bertz CT molecular complexity index is 738. The Kier molecular flexibility index (Phi) is 38.9. The van der Waals surface area contributed by atoms with Crippen LogP contribution in [-0.2, 0) is 28.6 Å². The molecule has 0 aliphatic heterocycles. The van der Waals surface area contributed by atoms with E-state index in [4.69, 9.17) is 14.2 Å². The molecule has 0 saturated carbocycles. The minimum Gasteiger partial charge on any atom is -0.462 e. The van der Waals surface area contributed by atoms with Gasteiger partial charge in [-0.15, -0.1) is 0 Å². The van der Waals surface area contributed by atoms with Crippen LogP contribution in [-0.4, -0.2) is 37.2 Å². The summed E-state index contributed by atoms with van der Waals surface area (Å²) >= 11 is 0. The minimum absolute atomic E-state index is 0.0645. The normalized spacial score (nSPS) is 11.8. The molecule has 0 saturated heterocycles. The Morgan fingerprint density at radius 3 is 0.800 bits per heavy atom. The Morgan fingerprint density at radius 1 is 0.320 bits per heavy atom. The highest BCUT2D eigenvalue weighted by atomic mass is 16.6. The smallest absolute Gasteiger partial charge is 0.306 e. The standard InChI is InChI=1S/C44H84O6/c1-4-7-10-13-15-17-19-20-21-22-23-25-27-29-32-34-37-43(46)49-40-41(50-44(47)38-35-30-12-9-6-3)39-48-42(45)36-33-31-28-26-24-18-16-14-11-8-5-2/h41H,4-40H2,1-3H3/t41-/m0/s1. The topological polar surface area (TPSA) is 78.9 Å². The zero-order valence-electron chi connectivity index (χ0n) is 33.7. The highest BCUT2D eigenvalue weighted by molar-refractivity contribution is 5.71. The van der Waals surface area contributed by atoms with Gasteiger partial charge >= 0.3 is 17.9 Å². The fraction of sp³-hybridized carbons (Fsp3) is 0.932. The van der Waals surface area contributed by atoms with E-state index in [9.17, 15) is 14.4 Å². The molecule has 0 bridgehead atoms. The van der Waals surface area contributed by atoms with Gasteiger partial charge in [-0.1, -0.05) is 207 Å². The van der Waals surface area contributed by atoms with Gasteiger partial charge in [0.25, 0.3) is 0 Å². The molecular formula is C44H84O6. The molecule has 0 fully saturated rings. The molecular weight excluding hydrogens is 624 g/mol. The molecule has 0 aliphatic rings. The van der Waals surface area contributed by atoms with E-state index in [1.54, 1.807) is 0 Å². The molecule has 0 radical (unpaired) electrons. The van der Waals surface area contributed by atoms with E-state index >= 15 is 0 Å². The summed E-state index contributed by atoms with van der Waals surface area (Å²) in [4.78, 5) is 37.4. The average molecular weight is 709 g/mol. The largest absolute Gasteiger partial charge is 0.462 e. The monoisotopic (exact) mass is 709 g/mol. The molecule has 6 heteroatoms. The van der Waals surface area contributed by atoms with Crippen LogP contribution in [0.15, 0.2) is 0 Å². The molecule has 296 valence electrons. The van der Waals surface area contributed by atoms with Gasteiger partial charge in [-0.25, -0.2) is 0 Å². The second-order valence-electron chi connectivity index (χ2n) is 15.0. The lowest BCUT2D eigenvalue weighted by molar-refractivity contribution is -0.167. The van der Waals surface area contributed by atoms with Gasteiger partial charge in [-0.05, 0) is 19.3 Å². The lowest BCUT2D eigenvalue weighted by Crippen LogP contribution is -2.30. The molecule has 0 spiro atoms. The SMILES string of the molecule is CCCCCCCCCCCCCCCCCCC(=O)OC[C@H](COC(=O)CCCCCCCCCCCCC)OC(=O)CCCCCCC. The maximum absolute atomic E-state index is 12.5. The van der Waals surface area contributed by atoms with Gasteiger partial charge in [0, 0.05) is 19.3 Å². The number of rotatable bonds is 40. The molecule has 0 N–H and O–H groups in total. The van der Waals surface area contributed by atoms with Crippen molar-refractivity contribution in [3.8, 4) is 0 Å². The van der Waals surface area contributed by atoms with Crippen LogP contribution in [0.25, 0.3) is 0 Å². The van der Waals surface area contributed by atoms with Crippen molar-refractivity contribution in [2.45, 2.75) is 252 Å². The first-order valence-electron chi connectivity index (χ1n) is 22.0. The number of hydrogen-bond donors (Lipinski definition) is 0. The van der Waals surface area contributed by atoms with Gasteiger partial charge < -0.3 is 14.2 Å². The summed E-state index contributed by atoms with van der Waals surface area (Å²) in [6, 6.07) is 0. The first-order valence-corrected chi connectivity index (χ1v) is 22.0. The fourth-order valence-corrected chi connectivity index (χ4v) is 6.50. The zero-order valence-corrected chi connectivity index (χ0v) is 33.7. The van der Waals surface area contributed by atoms with E-state index in [1.807, 2.05) is 0 Å². The first kappa shape index (κ1) is 48.4. The molecule has 1 atom stereocenters. The number of carbonyl (C=O) groups is 3. The molecule has 0 aromatic carbocycles. The molecule has 0 aromatic rings. The van der Waals surface area contributed by atoms with Gasteiger partial charge in [-0.2, -0.15) is 0 Å². The third kappa shape index (κ3) is 37.7. The minimum atomic E-state index is -0.755. The van der Waals surface area contributed by atoms with Crippen LogP contribution >= 0.6 is 0 Å². The Balaban J connectivity index is 4.12. The highest BCUT2D eigenvalue weighted by Gasteiger charge is 2.19. The predicted octanol–water partition coefficient (Wildman–Crippen LogP) is 13.7. The van der Waals surface area contributed by atoms with E-state index < -0.39 is 6.10 Å². The summed E-state index contributed by atoms with van der Waals surface area (Å²) in [5.74, 6) is -0.869. The van der Waals surface area contributed by atoms with Crippen LogP contribution in [0.4, 0.5) is 0 Å². The van der Waals surface area contributed by atoms with Gasteiger partial charge in [0.15, 0.2) is 6.10 Å². The van der Waals surface area contributed by atoms with Crippen molar-refractivity contribution in [2.24, 2.45) is 0 Å². The van der Waals surface area contributed by atoms with Gasteiger partial charge in [0.1, 0.15) is 13.2 Å². The van der Waals surface area contributed by atoms with Crippen molar-refractivity contribution < 1.29 is 28.6 Å². The summed E-state index contributed by atoms with van der Waals surface area (Å²) in [5.41, 5.74) is 0. The summed E-state index contributed by atoms with van der Waals surface area (Å²) in [6.45, 7) is 6.56. The van der Waals surface area contributed by atoms with Crippen molar-refractivity contribution in [3.05, 3.63) is 0 Å². The van der Waals surface area contributed by atoms with E-state index in [0.29, 0.717) is 19.3 Å². The van der Waals surface area contributed by atoms with E-state index in [-0.39, 0.29) is 31.1 Å². The lowest BCUT2D eigenvalue weighted by Gasteiger charge is -2.18. The summed E-state index contributed by atoms with van der Waals surface area (Å²) < 4.78 is 16.6. The number of carbonyl (C=O) groups excluding carboxylic acids is 3. The van der Waals surface area contributed by atoms with Crippen LogP contribution in [0, 0.1) is 0 Å². The lowest BCUT2D eigenvalue weighted by atomic mass is 10.0. The Labute approximate surface area is 310 Å². The van der Waals surface area contributed by atoms with Crippen molar-refractivity contribution >= 4 is 17.9 Å². The van der Waals surface area contributed by atoms with Crippen LogP contribution in [0.5, 0.6) is 0 Å². The van der Waals surface area contributed by atoms with Crippen molar-refractivity contribution in [1.29, 1.82) is 0 Å². The number of unbranched alkanes of at least 4 members (excludes halogenated alkanes) is 29. The van der Waals surface area contributed by atoms with E-state index in [0.717, 1.165) is 64.2 Å². The third-order valence-corrected chi connectivity index (χ3v) is 9.86. The Morgan fingerprint density at radius 2 is 0.540 bits per heavy atom. The molecule has 50 heavy (non-hydrogen) atoms. The van der Waals surface area contributed by atoms with E-state index in [2.05, 4.69) is 20.8 Å². The molecule has 0 amide bonds. The third-order valence-electron chi connectivity index (χ3n) is 9.86. The number of ether oxygens (including phenoxy) is 3. The first-order chi connectivity index (χ1) is 24.5. The molecule has 0 aliphatic carbocycles. The maximum Gasteiger partial charge on any atom is 0.306 e. The van der Waals surface area contributed by atoms with Gasteiger partial charge in [0.05, 0.1) is 0 Å². The van der Waals surface area contributed by atoms with Crippen LogP contribution in [0.2, 0.25) is 0 Å². The molecule has 0 rings (SSSR count). The second-order valence-corrected chi connectivity index (χ2v) is 15.0. The summed E-state index contributed by atoms with van der Waals surface area (Å²) in [5, 5.41) is 0. The molecule has 0 aromatic heterocycles. The quantitative estimate of drug-likeness (QED) is 0.0358. The zero-order chi connectivity index (χ0) is 36.6. The molecule has 0 heterocycles. The maximum atomic E-state index is 12.5. The van der Waals surface area contributed by atoms with Crippen molar-refractivity contribution in [2.75, 3.05) is 13.2 Å².